The number of rotatable bonds is 4. The minimum atomic E-state index is -0.220. The summed E-state index contributed by atoms with van der Waals surface area (Å²) >= 11 is 1.42. The smallest absolute Gasteiger partial charge is 0.306 e. The second-order valence-corrected chi connectivity index (χ2v) is 3.32. The van der Waals surface area contributed by atoms with E-state index in [9.17, 15) is 4.79 Å². The topological polar surface area (TPSA) is 69.9 Å². The first kappa shape index (κ1) is 9.97. The number of hydrogen-bond acceptors (Lipinski definition) is 6. The predicted molar refractivity (Wildman–Crippen MR) is 46.2 cm³/mol. The lowest BCUT2D eigenvalue weighted by atomic mass is 10.5. The maximum Gasteiger partial charge on any atom is 0.306 e. The summed E-state index contributed by atoms with van der Waals surface area (Å²) in [6.07, 6.45) is 0.369. The maximum absolute atomic E-state index is 10.7. The Morgan fingerprint density at radius 3 is 3.00 bits per heavy atom. The van der Waals surface area contributed by atoms with Gasteiger partial charge in [0, 0.05) is 12.8 Å². The molecule has 1 heterocycles. The molecule has 0 aliphatic rings. The lowest BCUT2D eigenvalue weighted by molar-refractivity contribution is -0.140. The normalized spacial score (nSPS) is 10.0. The fourth-order valence-corrected chi connectivity index (χ4v) is 1.44. The van der Waals surface area contributed by atoms with Crippen LogP contribution in [0.1, 0.15) is 6.42 Å². The molecule has 0 radical (unpaired) electrons. The first-order valence-electron chi connectivity index (χ1n) is 3.66. The van der Waals surface area contributed by atoms with Crippen molar-refractivity contribution < 1.29 is 9.53 Å². The Morgan fingerprint density at radius 1 is 1.69 bits per heavy atom. The van der Waals surface area contributed by atoms with Gasteiger partial charge in [0.25, 0.3) is 0 Å². The van der Waals surface area contributed by atoms with Crippen molar-refractivity contribution in [1.82, 2.24) is 20.2 Å². The quantitative estimate of drug-likeness (QED) is 0.500. The van der Waals surface area contributed by atoms with E-state index in [4.69, 9.17) is 0 Å². The number of methoxy groups -OCH3 is 1. The molecule has 6 nitrogen and oxygen atoms in total. The number of thioether (sulfide) groups is 1. The molecule has 0 fully saturated rings. The van der Waals surface area contributed by atoms with Crippen molar-refractivity contribution in [2.75, 3.05) is 12.9 Å². The van der Waals surface area contributed by atoms with Gasteiger partial charge in [0.2, 0.25) is 5.16 Å². The van der Waals surface area contributed by atoms with E-state index in [1.807, 2.05) is 0 Å². The van der Waals surface area contributed by atoms with E-state index < -0.39 is 0 Å². The van der Waals surface area contributed by atoms with Gasteiger partial charge in [0.05, 0.1) is 13.5 Å². The number of aryl methyl sites for hydroxylation is 1. The van der Waals surface area contributed by atoms with Crippen LogP contribution in [-0.2, 0) is 16.6 Å². The molecule has 0 saturated heterocycles. The predicted octanol–water partition coefficient (Wildman–Crippen LogP) is -0.135. The highest BCUT2D eigenvalue weighted by Crippen LogP contribution is 2.13. The molecule has 0 atom stereocenters. The van der Waals surface area contributed by atoms with Crippen LogP contribution >= 0.6 is 11.8 Å². The van der Waals surface area contributed by atoms with E-state index >= 15 is 0 Å². The van der Waals surface area contributed by atoms with Crippen LogP contribution in [0.2, 0.25) is 0 Å². The Kier molecular flexibility index (Phi) is 3.69. The second kappa shape index (κ2) is 4.80. The van der Waals surface area contributed by atoms with Gasteiger partial charge in [-0.3, -0.25) is 4.79 Å². The van der Waals surface area contributed by atoms with Crippen LogP contribution in [0.4, 0.5) is 0 Å². The van der Waals surface area contributed by atoms with Crippen LogP contribution < -0.4 is 0 Å². The van der Waals surface area contributed by atoms with Crippen LogP contribution in [0.5, 0.6) is 0 Å². The molecule has 0 amide bonds. The van der Waals surface area contributed by atoms with Crippen LogP contribution in [0.25, 0.3) is 0 Å². The summed E-state index contributed by atoms with van der Waals surface area (Å²) in [6.45, 7) is 0. The number of tetrazole rings is 1. The molecule has 13 heavy (non-hydrogen) atoms. The fourth-order valence-electron chi connectivity index (χ4n) is 0.671. The number of carbonyl (C=O) groups is 1. The van der Waals surface area contributed by atoms with Gasteiger partial charge in [-0.2, -0.15) is 0 Å². The van der Waals surface area contributed by atoms with Crippen molar-refractivity contribution in [2.24, 2.45) is 7.05 Å². The standard InChI is InChI=1S/C6H10N4O2S/c1-10-6(7-8-9-10)13-4-3-5(11)12-2/h3-4H2,1-2H3. The van der Waals surface area contributed by atoms with E-state index in [1.165, 1.54) is 18.9 Å². The van der Waals surface area contributed by atoms with Gasteiger partial charge >= 0.3 is 5.97 Å². The lowest BCUT2D eigenvalue weighted by Crippen LogP contribution is -2.02. The largest absolute Gasteiger partial charge is 0.469 e. The van der Waals surface area contributed by atoms with Crippen molar-refractivity contribution in [2.45, 2.75) is 11.6 Å². The highest BCUT2D eigenvalue weighted by atomic mass is 32.2. The van der Waals surface area contributed by atoms with Gasteiger partial charge in [-0.15, -0.1) is 5.10 Å². The second-order valence-electron chi connectivity index (χ2n) is 2.26. The molecule has 0 aromatic carbocycles. The molecule has 0 spiro atoms. The van der Waals surface area contributed by atoms with Crippen molar-refractivity contribution in [3.05, 3.63) is 0 Å². The Bertz CT molecular complexity index is 288. The van der Waals surface area contributed by atoms with Crippen LogP contribution in [-0.4, -0.2) is 39.0 Å². The first-order valence-corrected chi connectivity index (χ1v) is 4.64. The maximum atomic E-state index is 10.7. The summed E-state index contributed by atoms with van der Waals surface area (Å²) in [5, 5.41) is 11.6. The van der Waals surface area contributed by atoms with E-state index in [0.29, 0.717) is 17.3 Å². The Morgan fingerprint density at radius 2 is 2.46 bits per heavy atom. The molecule has 0 unspecified atom stereocenters. The van der Waals surface area contributed by atoms with Gasteiger partial charge in [-0.1, -0.05) is 11.8 Å². The van der Waals surface area contributed by atoms with Gasteiger partial charge in [-0.25, -0.2) is 4.68 Å². The van der Waals surface area contributed by atoms with E-state index in [1.54, 1.807) is 11.7 Å². The molecule has 72 valence electrons. The molecular weight excluding hydrogens is 192 g/mol. The van der Waals surface area contributed by atoms with E-state index in [2.05, 4.69) is 20.3 Å². The molecule has 0 bridgehead atoms. The summed E-state index contributed by atoms with van der Waals surface area (Å²) in [5.74, 6) is 0.406. The zero-order chi connectivity index (χ0) is 9.68. The number of aromatic nitrogens is 4. The highest BCUT2D eigenvalue weighted by Gasteiger charge is 2.05. The fraction of sp³-hybridized carbons (Fsp3) is 0.667. The van der Waals surface area contributed by atoms with Crippen LogP contribution in [0, 0.1) is 0 Å². The average Bonchev–Trinajstić information content (AvgIpc) is 2.52. The van der Waals surface area contributed by atoms with Gasteiger partial charge in [0.1, 0.15) is 0 Å². The van der Waals surface area contributed by atoms with E-state index in [-0.39, 0.29) is 5.97 Å². The average molecular weight is 202 g/mol. The van der Waals surface area contributed by atoms with Crippen molar-refractivity contribution in [1.29, 1.82) is 0 Å². The molecular formula is C6H10N4O2S. The van der Waals surface area contributed by atoms with Crippen molar-refractivity contribution >= 4 is 17.7 Å². The Balaban J connectivity index is 2.28. The molecule has 1 aromatic rings. The third-order valence-corrected chi connectivity index (χ3v) is 2.36. The molecule has 0 aliphatic heterocycles. The summed E-state index contributed by atoms with van der Waals surface area (Å²) in [6, 6.07) is 0. The number of nitrogens with zero attached hydrogens (tertiary/aromatic N) is 4. The van der Waals surface area contributed by atoms with Gasteiger partial charge in [-0.05, 0) is 10.4 Å². The lowest BCUT2D eigenvalue weighted by Gasteiger charge is -1.97. The molecule has 0 saturated carbocycles. The molecule has 1 rings (SSSR count). The SMILES string of the molecule is COC(=O)CCSc1nnnn1C. The van der Waals surface area contributed by atoms with Crippen LogP contribution in [0.3, 0.4) is 0 Å². The number of carbonyl (C=O) groups excluding carboxylic acids is 1. The zero-order valence-electron chi connectivity index (χ0n) is 7.43. The summed E-state index contributed by atoms with van der Waals surface area (Å²) in [4.78, 5) is 10.7. The monoisotopic (exact) mass is 202 g/mol. The highest BCUT2D eigenvalue weighted by molar-refractivity contribution is 7.99. The minimum Gasteiger partial charge on any atom is -0.469 e. The number of hydrogen-bond donors (Lipinski definition) is 0. The molecule has 0 N–H and O–H groups in total. The summed E-state index contributed by atoms with van der Waals surface area (Å²) in [5.41, 5.74) is 0. The van der Waals surface area contributed by atoms with Crippen LogP contribution in [0.15, 0.2) is 5.16 Å². The molecule has 7 heteroatoms. The first-order chi connectivity index (χ1) is 6.24. The molecule has 0 aliphatic carbocycles. The summed E-state index contributed by atoms with van der Waals surface area (Å²) < 4.78 is 6.05. The van der Waals surface area contributed by atoms with E-state index in [0.717, 1.165) is 0 Å². The van der Waals surface area contributed by atoms with Gasteiger partial charge in [0.15, 0.2) is 0 Å². The number of ether oxygens (including phenoxy) is 1. The third kappa shape index (κ3) is 3.02. The molecule has 1 aromatic heterocycles. The minimum absolute atomic E-state index is 0.220. The number of esters is 1. The third-order valence-electron chi connectivity index (χ3n) is 1.35. The Hall–Kier alpha value is -1.11. The van der Waals surface area contributed by atoms with Gasteiger partial charge < -0.3 is 4.74 Å². The Labute approximate surface area is 79.6 Å². The zero-order valence-corrected chi connectivity index (χ0v) is 8.24. The van der Waals surface area contributed by atoms with Crippen molar-refractivity contribution in [3.8, 4) is 0 Å². The summed E-state index contributed by atoms with van der Waals surface area (Å²) in [7, 11) is 3.12. The van der Waals surface area contributed by atoms with Crippen molar-refractivity contribution in [3.63, 3.8) is 0 Å².